The minimum absolute atomic E-state index is 0.0556. The molecule has 0 aliphatic heterocycles. The number of carbonyl (C=O) groups excluding carboxylic acids is 1. The van der Waals surface area contributed by atoms with Gasteiger partial charge in [-0.2, -0.15) is 0 Å². The summed E-state index contributed by atoms with van der Waals surface area (Å²) in [6.45, 7) is 3.63. The zero-order valence-corrected chi connectivity index (χ0v) is 11.9. The van der Waals surface area contributed by atoms with Gasteiger partial charge in [0, 0.05) is 32.9 Å². The molecule has 0 aliphatic carbocycles. The maximum Gasteiger partial charge on any atom is 0.274 e. The molecule has 0 saturated carbocycles. The minimum Gasteiger partial charge on any atom is -0.340 e. The molecule has 106 valence electrons. The number of hydrogen-bond acceptors (Lipinski definition) is 3. The Kier molecular flexibility index (Phi) is 4.53. The van der Waals surface area contributed by atoms with Crippen molar-refractivity contribution in [1.82, 2.24) is 14.5 Å². The quantitative estimate of drug-likeness (QED) is 0.898. The van der Waals surface area contributed by atoms with E-state index < -0.39 is 0 Å². The van der Waals surface area contributed by atoms with Gasteiger partial charge >= 0.3 is 0 Å². The average molecular weight is 272 g/mol. The third-order valence-corrected chi connectivity index (χ3v) is 3.29. The number of carbonyl (C=O) groups is 1. The summed E-state index contributed by atoms with van der Waals surface area (Å²) >= 11 is 0. The van der Waals surface area contributed by atoms with E-state index in [1.54, 1.807) is 22.0 Å². The number of aromatic nitrogens is 2. The smallest absolute Gasteiger partial charge is 0.274 e. The van der Waals surface area contributed by atoms with Gasteiger partial charge in [0.1, 0.15) is 5.69 Å². The number of hydrogen-bond donors (Lipinski definition) is 1. The molecule has 2 aromatic rings. The van der Waals surface area contributed by atoms with E-state index in [9.17, 15) is 4.79 Å². The van der Waals surface area contributed by atoms with Crippen molar-refractivity contribution in [3.8, 4) is 0 Å². The first kappa shape index (κ1) is 14.3. The SMILES string of the molecule is CCN(Cc1ccccc1CN)C(=O)c1cn(C)cn1. The summed E-state index contributed by atoms with van der Waals surface area (Å²) in [5, 5.41) is 0. The Balaban J connectivity index is 2.18. The molecule has 0 atom stereocenters. The topological polar surface area (TPSA) is 64.2 Å². The zero-order chi connectivity index (χ0) is 14.5. The second kappa shape index (κ2) is 6.34. The fourth-order valence-electron chi connectivity index (χ4n) is 2.13. The van der Waals surface area contributed by atoms with Crippen LogP contribution in [0.5, 0.6) is 0 Å². The van der Waals surface area contributed by atoms with Crippen molar-refractivity contribution in [1.29, 1.82) is 0 Å². The highest BCUT2D eigenvalue weighted by molar-refractivity contribution is 5.92. The van der Waals surface area contributed by atoms with Crippen molar-refractivity contribution < 1.29 is 4.79 Å². The van der Waals surface area contributed by atoms with Crippen LogP contribution in [-0.4, -0.2) is 26.9 Å². The summed E-state index contributed by atoms with van der Waals surface area (Å²) in [5.41, 5.74) is 8.36. The molecule has 0 spiro atoms. The minimum atomic E-state index is -0.0556. The number of aryl methyl sites for hydroxylation is 1. The molecule has 2 N–H and O–H groups in total. The highest BCUT2D eigenvalue weighted by Crippen LogP contribution is 2.13. The van der Waals surface area contributed by atoms with Crippen LogP contribution < -0.4 is 5.73 Å². The van der Waals surface area contributed by atoms with Gasteiger partial charge in [-0.15, -0.1) is 0 Å². The maximum atomic E-state index is 12.4. The van der Waals surface area contributed by atoms with E-state index >= 15 is 0 Å². The van der Waals surface area contributed by atoms with Gasteiger partial charge in [-0.1, -0.05) is 24.3 Å². The first-order chi connectivity index (χ1) is 9.65. The molecule has 1 aromatic carbocycles. The van der Waals surface area contributed by atoms with Crippen LogP contribution in [0.2, 0.25) is 0 Å². The highest BCUT2D eigenvalue weighted by Gasteiger charge is 2.17. The van der Waals surface area contributed by atoms with E-state index in [1.807, 2.05) is 38.2 Å². The number of nitrogens with two attached hydrogens (primary N) is 1. The number of benzene rings is 1. The molecule has 20 heavy (non-hydrogen) atoms. The Morgan fingerprint density at radius 2 is 2.05 bits per heavy atom. The molecule has 1 aromatic heterocycles. The molecule has 0 radical (unpaired) electrons. The number of imidazole rings is 1. The Morgan fingerprint density at radius 3 is 2.60 bits per heavy atom. The lowest BCUT2D eigenvalue weighted by atomic mass is 10.1. The highest BCUT2D eigenvalue weighted by atomic mass is 16.2. The van der Waals surface area contributed by atoms with Crippen LogP contribution in [0.1, 0.15) is 28.5 Å². The Bertz CT molecular complexity index is 591. The Morgan fingerprint density at radius 1 is 1.35 bits per heavy atom. The molecule has 0 bridgehead atoms. The predicted octanol–water partition coefficient (Wildman–Crippen LogP) is 1.54. The van der Waals surface area contributed by atoms with Crippen LogP contribution in [0.4, 0.5) is 0 Å². The average Bonchev–Trinajstić information content (AvgIpc) is 2.91. The molecule has 1 amide bonds. The number of nitrogens with zero attached hydrogens (tertiary/aromatic N) is 3. The van der Waals surface area contributed by atoms with Crippen molar-refractivity contribution in [2.75, 3.05) is 6.54 Å². The standard InChI is InChI=1S/C15H20N4O/c1-3-19(15(20)14-10-18(2)11-17-14)9-13-7-5-4-6-12(13)8-16/h4-7,10-11H,3,8-9,16H2,1-2H3. The van der Waals surface area contributed by atoms with Crippen LogP contribution in [0.25, 0.3) is 0 Å². The molecule has 0 unspecified atom stereocenters. The summed E-state index contributed by atoms with van der Waals surface area (Å²) in [5.74, 6) is -0.0556. The fraction of sp³-hybridized carbons (Fsp3) is 0.333. The van der Waals surface area contributed by atoms with Crippen molar-refractivity contribution in [3.63, 3.8) is 0 Å². The lowest BCUT2D eigenvalue weighted by molar-refractivity contribution is 0.0747. The van der Waals surface area contributed by atoms with Crippen LogP contribution in [0.15, 0.2) is 36.8 Å². The zero-order valence-electron chi connectivity index (χ0n) is 11.9. The predicted molar refractivity (Wildman–Crippen MR) is 78.0 cm³/mol. The lowest BCUT2D eigenvalue weighted by Crippen LogP contribution is -2.31. The van der Waals surface area contributed by atoms with E-state index in [1.165, 1.54) is 0 Å². The first-order valence-corrected chi connectivity index (χ1v) is 6.69. The summed E-state index contributed by atoms with van der Waals surface area (Å²) in [6, 6.07) is 7.93. The third kappa shape index (κ3) is 3.05. The van der Waals surface area contributed by atoms with Crippen molar-refractivity contribution in [3.05, 3.63) is 53.6 Å². The largest absolute Gasteiger partial charge is 0.340 e. The molecule has 0 fully saturated rings. The number of amides is 1. The summed E-state index contributed by atoms with van der Waals surface area (Å²) in [7, 11) is 1.85. The van der Waals surface area contributed by atoms with Crippen LogP contribution in [0.3, 0.4) is 0 Å². The van der Waals surface area contributed by atoms with Crippen LogP contribution in [-0.2, 0) is 20.1 Å². The van der Waals surface area contributed by atoms with Gasteiger partial charge < -0.3 is 15.2 Å². The van der Waals surface area contributed by atoms with E-state index in [0.717, 1.165) is 11.1 Å². The summed E-state index contributed by atoms with van der Waals surface area (Å²) < 4.78 is 1.77. The maximum absolute atomic E-state index is 12.4. The second-order valence-electron chi connectivity index (χ2n) is 4.72. The van der Waals surface area contributed by atoms with Crippen molar-refractivity contribution in [2.24, 2.45) is 12.8 Å². The second-order valence-corrected chi connectivity index (χ2v) is 4.72. The molecule has 5 nitrogen and oxygen atoms in total. The monoisotopic (exact) mass is 272 g/mol. The molecular formula is C15H20N4O. The molecule has 0 aliphatic rings. The molecule has 2 rings (SSSR count). The summed E-state index contributed by atoms with van der Waals surface area (Å²) in [4.78, 5) is 18.3. The van der Waals surface area contributed by atoms with E-state index in [-0.39, 0.29) is 5.91 Å². The van der Waals surface area contributed by atoms with Gasteiger partial charge in [0.15, 0.2) is 0 Å². The van der Waals surface area contributed by atoms with Crippen LogP contribution >= 0.6 is 0 Å². The molecule has 0 saturated heterocycles. The van der Waals surface area contributed by atoms with Crippen molar-refractivity contribution >= 4 is 5.91 Å². The van der Waals surface area contributed by atoms with E-state index in [2.05, 4.69) is 4.98 Å². The molecule has 5 heteroatoms. The van der Waals surface area contributed by atoms with Gasteiger partial charge in [0.25, 0.3) is 5.91 Å². The first-order valence-electron chi connectivity index (χ1n) is 6.69. The number of rotatable bonds is 5. The van der Waals surface area contributed by atoms with E-state index in [4.69, 9.17) is 5.73 Å². The van der Waals surface area contributed by atoms with Gasteiger partial charge in [0.05, 0.1) is 6.33 Å². The lowest BCUT2D eigenvalue weighted by Gasteiger charge is -2.21. The third-order valence-electron chi connectivity index (χ3n) is 3.29. The normalized spacial score (nSPS) is 10.6. The van der Waals surface area contributed by atoms with Gasteiger partial charge in [-0.25, -0.2) is 4.98 Å². The van der Waals surface area contributed by atoms with E-state index in [0.29, 0.717) is 25.3 Å². The van der Waals surface area contributed by atoms with Gasteiger partial charge in [0.2, 0.25) is 0 Å². The fourth-order valence-corrected chi connectivity index (χ4v) is 2.13. The van der Waals surface area contributed by atoms with Crippen LogP contribution in [0, 0.1) is 0 Å². The van der Waals surface area contributed by atoms with Gasteiger partial charge in [-0.3, -0.25) is 4.79 Å². The Hall–Kier alpha value is -2.14. The van der Waals surface area contributed by atoms with Crippen molar-refractivity contribution in [2.45, 2.75) is 20.0 Å². The Labute approximate surface area is 119 Å². The summed E-state index contributed by atoms with van der Waals surface area (Å²) in [6.07, 6.45) is 3.37. The molecule has 1 heterocycles. The molecular weight excluding hydrogens is 252 g/mol. The van der Waals surface area contributed by atoms with Gasteiger partial charge in [-0.05, 0) is 18.1 Å².